The van der Waals surface area contributed by atoms with E-state index in [1.165, 1.54) is 0 Å². The number of rotatable bonds is 6. The zero-order chi connectivity index (χ0) is 17.5. The van der Waals surface area contributed by atoms with Crippen LogP contribution in [0.25, 0.3) is 0 Å². The van der Waals surface area contributed by atoms with Gasteiger partial charge in [0.2, 0.25) is 0 Å². The Bertz CT molecular complexity index is 798. The number of para-hydroxylation sites is 1. The Morgan fingerprint density at radius 2 is 1.44 bits per heavy atom. The molecule has 0 fully saturated rings. The third-order valence-corrected chi connectivity index (χ3v) is 3.94. The molecule has 126 valence electrons. The van der Waals surface area contributed by atoms with Gasteiger partial charge >= 0.3 is 0 Å². The number of carbonyl (C=O) groups is 1. The number of carbonyl (C=O) groups excluding carboxylic acids is 1. The van der Waals surface area contributed by atoms with Gasteiger partial charge in [-0.1, -0.05) is 66.2 Å². The van der Waals surface area contributed by atoms with Crippen molar-refractivity contribution in [2.45, 2.75) is 13.5 Å². The van der Waals surface area contributed by atoms with Gasteiger partial charge in [-0.15, -0.1) is 0 Å². The predicted molar refractivity (Wildman–Crippen MR) is 101 cm³/mol. The van der Waals surface area contributed by atoms with E-state index in [9.17, 15) is 4.79 Å². The molecule has 3 aromatic rings. The van der Waals surface area contributed by atoms with Crippen molar-refractivity contribution in [2.24, 2.45) is 0 Å². The largest absolute Gasteiger partial charge is 0.484 e. The molecule has 0 heterocycles. The minimum absolute atomic E-state index is 0.00475. The van der Waals surface area contributed by atoms with E-state index in [1.807, 2.05) is 91.9 Å². The summed E-state index contributed by atoms with van der Waals surface area (Å²) >= 11 is 0. The van der Waals surface area contributed by atoms with Gasteiger partial charge in [-0.25, -0.2) is 0 Å². The fourth-order valence-corrected chi connectivity index (χ4v) is 2.55. The van der Waals surface area contributed by atoms with Crippen molar-refractivity contribution >= 4 is 11.6 Å². The average Bonchev–Trinajstić information content (AvgIpc) is 2.67. The molecule has 3 heteroatoms. The summed E-state index contributed by atoms with van der Waals surface area (Å²) in [6, 6.07) is 27.3. The lowest BCUT2D eigenvalue weighted by Gasteiger charge is -2.23. The molecule has 0 aliphatic carbocycles. The maximum atomic E-state index is 12.8. The fourth-order valence-electron chi connectivity index (χ4n) is 2.55. The van der Waals surface area contributed by atoms with E-state index in [0.29, 0.717) is 12.3 Å². The summed E-state index contributed by atoms with van der Waals surface area (Å²) < 4.78 is 5.67. The molecular formula is C22H21NO2. The Morgan fingerprint density at radius 1 is 0.840 bits per heavy atom. The predicted octanol–water partition coefficient (Wildman–Crippen LogP) is 4.61. The minimum atomic E-state index is -0.0735. The summed E-state index contributed by atoms with van der Waals surface area (Å²) in [6.07, 6.45) is 0. The van der Waals surface area contributed by atoms with E-state index in [0.717, 1.165) is 16.8 Å². The Kier molecular flexibility index (Phi) is 5.47. The van der Waals surface area contributed by atoms with Gasteiger partial charge in [0.15, 0.2) is 6.61 Å². The topological polar surface area (TPSA) is 29.5 Å². The molecule has 0 aliphatic rings. The maximum absolute atomic E-state index is 12.8. The molecule has 0 aliphatic heterocycles. The van der Waals surface area contributed by atoms with Gasteiger partial charge in [0.25, 0.3) is 5.91 Å². The number of nitrogens with zero attached hydrogens (tertiary/aromatic N) is 1. The Labute approximate surface area is 148 Å². The lowest BCUT2D eigenvalue weighted by Crippen LogP contribution is -2.34. The van der Waals surface area contributed by atoms with Crippen molar-refractivity contribution in [3.8, 4) is 5.75 Å². The number of benzene rings is 3. The third kappa shape index (κ3) is 4.70. The van der Waals surface area contributed by atoms with Crippen LogP contribution < -0.4 is 9.64 Å². The first kappa shape index (κ1) is 16.8. The molecule has 3 aromatic carbocycles. The number of anilines is 1. The highest BCUT2D eigenvalue weighted by Gasteiger charge is 2.16. The van der Waals surface area contributed by atoms with Crippen LogP contribution in [0, 0.1) is 6.92 Å². The second-order valence-corrected chi connectivity index (χ2v) is 5.90. The zero-order valence-electron chi connectivity index (χ0n) is 14.3. The van der Waals surface area contributed by atoms with E-state index < -0.39 is 0 Å². The second kappa shape index (κ2) is 8.15. The van der Waals surface area contributed by atoms with Crippen LogP contribution in [0.1, 0.15) is 11.1 Å². The molecule has 0 radical (unpaired) electrons. The van der Waals surface area contributed by atoms with Crippen LogP contribution in [0.2, 0.25) is 0 Å². The first-order valence-electron chi connectivity index (χ1n) is 8.31. The van der Waals surface area contributed by atoms with Gasteiger partial charge in [0.05, 0.1) is 6.54 Å². The van der Waals surface area contributed by atoms with Crippen molar-refractivity contribution < 1.29 is 9.53 Å². The molecule has 0 aromatic heterocycles. The number of hydrogen-bond donors (Lipinski definition) is 0. The molecule has 0 saturated heterocycles. The lowest BCUT2D eigenvalue weighted by molar-refractivity contribution is -0.120. The molecule has 0 spiro atoms. The third-order valence-electron chi connectivity index (χ3n) is 3.94. The Hall–Kier alpha value is -3.07. The number of hydrogen-bond acceptors (Lipinski definition) is 2. The molecule has 0 saturated carbocycles. The van der Waals surface area contributed by atoms with E-state index >= 15 is 0 Å². The van der Waals surface area contributed by atoms with Crippen LogP contribution in [-0.4, -0.2) is 12.5 Å². The van der Waals surface area contributed by atoms with Crippen LogP contribution >= 0.6 is 0 Å². The first-order valence-corrected chi connectivity index (χ1v) is 8.31. The SMILES string of the molecule is Cc1ccc(OCC(=O)N(Cc2ccccc2)c2ccccc2)cc1. The van der Waals surface area contributed by atoms with E-state index in [4.69, 9.17) is 4.74 Å². The maximum Gasteiger partial charge on any atom is 0.265 e. The van der Waals surface area contributed by atoms with Crippen LogP contribution in [0.5, 0.6) is 5.75 Å². The van der Waals surface area contributed by atoms with Gasteiger partial charge < -0.3 is 9.64 Å². The van der Waals surface area contributed by atoms with Crippen LogP contribution in [-0.2, 0) is 11.3 Å². The molecule has 0 unspecified atom stereocenters. The van der Waals surface area contributed by atoms with Crippen molar-refractivity contribution in [1.82, 2.24) is 0 Å². The second-order valence-electron chi connectivity index (χ2n) is 5.90. The quantitative estimate of drug-likeness (QED) is 0.660. The highest BCUT2D eigenvalue weighted by Crippen LogP contribution is 2.18. The van der Waals surface area contributed by atoms with Crippen LogP contribution in [0.3, 0.4) is 0 Å². The summed E-state index contributed by atoms with van der Waals surface area (Å²) in [5.41, 5.74) is 3.10. The Balaban J connectivity index is 1.74. The van der Waals surface area contributed by atoms with Crippen molar-refractivity contribution in [1.29, 1.82) is 0 Å². The monoisotopic (exact) mass is 331 g/mol. The van der Waals surface area contributed by atoms with Crippen LogP contribution in [0.15, 0.2) is 84.9 Å². The van der Waals surface area contributed by atoms with Crippen molar-refractivity contribution in [2.75, 3.05) is 11.5 Å². The van der Waals surface area contributed by atoms with Gasteiger partial charge in [-0.05, 0) is 36.8 Å². The molecule has 0 N–H and O–H groups in total. The summed E-state index contributed by atoms with van der Waals surface area (Å²) in [6.45, 7) is 2.54. The Morgan fingerprint density at radius 3 is 2.08 bits per heavy atom. The number of ether oxygens (including phenoxy) is 1. The summed E-state index contributed by atoms with van der Waals surface area (Å²) in [5, 5.41) is 0. The number of aryl methyl sites for hydroxylation is 1. The lowest BCUT2D eigenvalue weighted by atomic mass is 10.2. The minimum Gasteiger partial charge on any atom is -0.484 e. The molecule has 25 heavy (non-hydrogen) atoms. The summed E-state index contributed by atoms with van der Waals surface area (Å²) in [7, 11) is 0. The van der Waals surface area contributed by atoms with E-state index in [1.54, 1.807) is 4.90 Å². The normalized spacial score (nSPS) is 10.3. The highest BCUT2D eigenvalue weighted by molar-refractivity contribution is 5.94. The molecular weight excluding hydrogens is 310 g/mol. The van der Waals surface area contributed by atoms with Gasteiger partial charge in [0.1, 0.15) is 5.75 Å². The van der Waals surface area contributed by atoms with Crippen LogP contribution in [0.4, 0.5) is 5.69 Å². The molecule has 1 amide bonds. The van der Waals surface area contributed by atoms with Gasteiger partial charge in [-0.3, -0.25) is 4.79 Å². The molecule has 3 rings (SSSR count). The summed E-state index contributed by atoms with van der Waals surface area (Å²) in [4.78, 5) is 14.5. The van der Waals surface area contributed by atoms with Crippen molar-refractivity contribution in [3.05, 3.63) is 96.1 Å². The smallest absolute Gasteiger partial charge is 0.265 e. The zero-order valence-corrected chi connectivity index (χ0v) is 14.3. The molecule has 0 atom stereocenters. The summed E-state index contributed by atoms with van der Waals surface area (Å²) in [5.74, 6) is 0.627. The van der Waals surface area contributed by atoms with Gasteiger partial charge in [-0.2, -0.15) is 0 Å². The average molecular weight is 331 g/mol. The molecule has 3 nitrogen and oxygen atoms in total. The van der Waals surface area contributed by atoms with E-state index in [2.05, 4.69) is 0 Å². The molecule has 0 bridgehead atoms. The standard InChI is InChI=1S/C22H21NO2/c1-18-12-14-21(15-13-18)25-17-22(24)23(20-10-6-3-7-11-20)16-19-8-4-2-5-9-19/h2-15H,16-17H2,1H3. The number of amides is 1. The van der Waals surface area contributed by atoms with E-state index in [-0.39, 0.29) is 12.5 Å². The first-order chi connectivity index (χ1) is 12.2. The highest BCUT2D eigenvalue weighted by atomic mass is 16.5. The van der Waals surface area contributed by atoms with Gasteiger partial charge in [0, 0.05) is 5.69 Å². The van der Waals surface area contributed by atoms with Crippen molar-refractivity contribution in [3.63, 3.8) is 0 Å². The fraction of sp³-hybridized carbons (Fsp3) is 0.136.